The standard InChI is InChI=1S/C29H34N2O5/c1-3-18-36-27-20-24(12-11-22(27)13-16-28(32)33)23-7-4-8-25(19-23)31-29(34)30-17-5-6-21-9-14-26(35-2)15-10-21/h4,7-12,14-15,19-20H,3,5-6,13,16-18H2,1-2H3,(H,32,33)(H2,30,31,34). The lowest BCUT2D eigenvalue weighted by Gasteiger charge is -2.14. The minimum atomic E-state index is -0.835. The van der Waals surface area contributed by atoms with Crippen molar-refractivity contribution in [3.63, 3.8) is 0 Å². The van der Waals surface area contributed by atoms with Crippen LogP contribution in [0.25, 0.3) is 11.1 Å². The fourth-order valence-corrected chi connectivity index (χ4v) is 3.77. The molecule has 0 bridgehead atoms. The Labute approximate surface area is 212 Å². The van der Waals surface area contributed by atoms with Gasteiger partial charge in [0.2, 0.25) is 0 Å². The van der Waals surface area contributed by atoms with Gasteiger partial charge in [-0.25, -0.2) is 4.79 Å². The van der Waals surface area contributed by atoms with Gasteiger partial charge in [0.1, 0.15) is 11.5 Å². The van der Waals surface area contributed by atoms with Crippen LogP contribution < -0.4 is 20.1 Å². The Morgan fingerprint density at radius 1 is 0.944 bits per heavy atom. The molecule has 0 saturated carbocycles. The van der Waals surface area contributed by atoms with E-state index in [9.17, 15) is 9.59 Å². The maximum atomic E-state index is 12.4. The monoisotopic (exact) mass is 490 g/mol. The van der Waals surface area contributed by atoms with E-state index in [1.54, 1.807) is 7.11 Å². The quantitative estimate of drug-likeness (QED) is 0.258. The summed E-state index contributed by atoms with van der Waals surface area (Å²) in [4.78, 5) is 23.4. The SMILES string of the molecule is CCCOc1cc(-c2cccc(NC(=O)NCCCc3ccc(OC)cc3)c2)ccc1CCC(=O)O. The molecule has 0 spiro atoms. The number of carboxylic acid groups (broad SMARTS) is 1. The highest BCUT2D eigenvalue weighted by Gasteiger charge is 2.10. The lowest BCUT2D eigenvalue weighted by molar-refractivity contribution is -0.136. The van der Waals surface area contributed by atoms with E-state index in [4.69, 9.17) is 14.6 Å². The fraction of sp³-hybridized carbons (Fsp3) is 0.310. The van der Waals surface area contributed by atoms with Crippen LogP contribution in [0.5, 0.6) is 11.5 Å². The van der Waals surface area contributed by atoms with E-state index in [1.807, 2.05) is 73.7 Å². The summed E-state index contributed by atoms with van der Waals surface area (Å²) >= 11 is 0. The number of methoxy groups -OCH3 is 1. The van der Waals surface area contributed by atoms with Crippen LogP contribution in [-0.2, 0) is 17.6 Å². The van der Waals surface area contributed by atoms with Gasteiger partial charge in [-0.3, -0.25) is 4.79 Å². The normalized spacial score (nSPS) is 10.5. The molecule has 0 fully saturated rings. The number of carboxylic acids is 1. The van der Waals surface area contributed by atoms with E-state index < -0.39 is 5.97 Å². The van der Waals surface area contributed by atoms with Crippen molar-refractivity contribution in [2.24, 2.45) is 0 Å². The van der Waals surface area contributed by atoms with Gasteiger partial charge < -0.3 is 25.2 Å². The molecule has 36 heavy (non-hydrogen) atoms. The van der Waals surface area contributed by atoms with Crippen LogP contribution >= 0.6 is 0 Å². The van der Waals surface area contributed by atoms with Gasteiger partial charge in [-0.1, -0.05) is 43.3 Å². The van der Waals surface area contributed by atoms with Crippen LogP contribution in [0.3, 0.4) is 0 Å². The van der Waals surface area contributed by atoms with Gasteiger partial charge in [0.15, 0.2) is 0 Å². The molecule has 0 saturated heterocycles. The molecule has 0 heterocycles. The van der Waals surface area contributed by atoms with E-state index in [-0.39, 0.29) is 12.5 Å². The summed E-state index contributed by atoms with van der Waals surface area (Å²) in [6, 6.07) is 21.1. The summed E-state index contributed by atoms with van der Waals surface area (Å²) in [7, 11) is 1.65. The number of aliphatic carboxylic acids is 1. The van der Waals surface area contributed by atoms with Crippen LogP contribution in [0.2, 0.25) is 0 Å². The number of anilines is 1. The average molecular weight is 491 g/mol. The first-order valence-corrected chi connectivity index (χ1v) is 12.2. The Morgan fingerprint density at radius 3 is 2.44 bits per heavy atom. The summed E-state index contributed by atoms with van der Waals surface area (Å²) in [6.07, 6.45) is 3.02. The van der Waals surface area contributed by atoms with Gasteiger partial charge in [0.05, 0.1) is 13.7 Å². The minimum Gasteiger partial charge on any atom is -0.497 e. The van der Waals surface area contributed by atoms with Crippen molar-refractivity contribution in [2.45, 2.75) is 39.0 Å². The van der Waals surface area contributed by atoms with Gasteiger partial charge >= 0.3 is 12.0 Å². The van der Waals surface area contributed by atoms with Crippen molar-refractivity contribution in [1.29, 1.82) is 0 Å². The Balaban J connectivity index is 1.57. The molecule has 3 N–H and O–H groups in total. The molecule has 2 amide bonds. The molecule has 7 nitrogen and oxygen atoms in total. The molecule has 0 aliphatic carbocycles. The molecule has 0 aromatic heterocycles. The van der Waals surface area contributed by atoms with Crippen molar-refractivity contribution in [2.75, 3.05) is 25.6 Å². The number of aryl methyl sites for hydroxylation is 2. The fourth-order valence-electron chi connectivity index (χ4n) is 3.77. The number of hydrogen-bond donors (Lipinski definition) is 3. The molecular weight excluding hydrogens is 456 g/mol. The van der Waals surface area contributed by atoms with Crippen LogP contribution in [0, 0.1) is 0 Å². The summed E-state index contributed by atoms with van der Waals surface area (Å²) in [5.41, 5.74) is 4.62. The van der Waals surface area contributed by atoms with Gasteiger partial charge in [0, 0.05) is 18.7 Å². The average Bonchev–Trinajstić information content (AvgIpc) is 2.89. The number of hydrogen-bond acceptors (Lipinski definition) is 4. The molecule has 3 aromatic carbocycles. The van der Waals surface area contributed by atoms with E-state index in [0.717, 1.165) is 41.7 Å². The summed E-state index contributed by atoms with van der Waals surface area (Å²) in [5.74, 6) is 0.694. The number of carbonyl (C=O) groups excluding carboxylic acids is 1. The molecule has 0 aliphatic heterocycles. The molecule has 0 unspecified atom stereocenters. The van der Waals surface area contributed by atoms with E-state index in [1.165, 1.54) is 5.56 Å². The zero-order valence-corrected chi connectivity index (χ0v) is 20.9. The lowest BCUT2D eigenvalue weighted by Crippen LogP contribution is -2.29. The summed E-state index contributed by atoms with van der Waals surface area (Å²) in [5, 5.41) is 14.8. The maximum Gasteiger partial charge on any atom is 0.319 e. The van der Waals surface area contributed by atoms with Crippen LogP contribution in [-0.4, -0.2) is 37.4 Å². The predicted octanol–water partition coefficient (Wildman–Crippen LogP) is 5.92. The first-order chi connectivity index (χ1) is 17.5. The Bertz CT molecular complexity index is 1140. The van der Waals surface area contributed by atoms with Gasteiger partial charge in [-0.05, 0) is 78.3 Å². The van der Waals surface area contributed by atoms with Crippen molar-refractivity contribution in [1.82, 2.24) is 5.32 Å². The molecule has 0 radical (unpaired) electrons. The Kier molecular flexibility index (Phi) is 10.2. The molecule has 0 atom stereocenters. The second-order valence-electron chi connectivity index (χ2n) is 8.48. The number of rotatable bonds is 13. The molecule has 0 aliphatic rings. The molecule has 3 rings (SSSR count). The third-order valence-electron chi connectivity index (χ3n) is 5.68. The zero-order chi connectivity index (χ0) is 25.8. The van der Waals surface area contributed by atoms with E-state index in [0.29, 0.717) is 31.0 Å². The molecule has 190 valence electrons. The Morgan fingerprint density at radius 2 is 1.72 bits per heavy atom. The number of carbonyl (C=O) groups is 2. The lowest BCUT2D eigenvalue weighted by atomic mass is 10.0. The second-order valence-corrected chi connectivity index (χ2v) is 8.48. The van der Waals surface area contributed by atoms with Crippen LogP contribution in [0.1, 0.15) is 37.3 Å². The third kappa shape index (κ3) is 8.34. The third-order valence-corrected chi connectivity index (χ3v) is 5.68. The van der Waals surface area contributed by atoms with Crippen molar-refractivity contribution < 1.29 is 24.2 Å². The highest BCUT2D eigenvalue weighted by molar-refractivity contribution is 5.90. The van der Waals surface area contributed by atoms with Crippen LogP contribution in [0.4, 0.5) is 10.5 Å². The zero-order valence-electron chi connectivity index (χ0n) is 20.9. The maximum absolute atomic E-state index is 12.4. The van der Waals surface area contributed by atoms with Crippen molar-refractivity contribution in [3.05, 3.63) is 77.9 Å². The minimum absolute atomic E-state index is 0.0520. The molecule has 3 aromatic rings. The number of urea groups is 1. The topological polar surface area (TPSA) is 96.9 Å². The number of benzene rings is 3. The highest BCUT2D eigenvalue weighted by atomic mass is 16.5. The highest BCUT2D eigenvalue weighted by Crippen LogP contribution is 2.30. The summed E-state index contributed by atoms with van der Waals surface area (Å²) < 4.78 is 11.1. The number of ether oxygens (including phenoxy) is 2. The predicted molar refractivity (Wildman–Crippen MR) is 142 cm³/mol. The largest absolute Gasteiger partial charge is 0.497 e. The first kappa shape index (κ1) is 26.6. The molecule has 7 heteroatoms. The van der Waals surface area contributed by atoms with Gasteiger partial charge in [-0.15, -0.1) is 0 Å². The van der Waals surface area contributed by atoms with Gasteiger partial charge in [0.25, 0.3) is 0 Å². The van der Waals surface area contributed by atoms with Gasteiger partial charge in [-0.2, -0.15) is 0 Å². The Hall–Kier alpha value is -4.00. The van der Waals surface area contributed by atoms with E-state index >= 15 is 0 Å². The second kappa shape index (κ2) is 13.8. The molecular formula is C29H34N2O5. The number of amides is 2. The first-order valence-electron chi connectivity index (χ1n) is 12.2. The van der Waals surface area contributed by atoms with Crippen LogP contribution in [0.15, 0.2) is 66.7 Å². The summed E-state index contributed by atoms with van der Waals surface area (Å²) in [6.45, 7) is 3.15. The van der Waals surface area contributed by atoms with Crippen molar-refractivity contribution >= 4 is 17.7 Å². The van der Waals surface area contributed by atoms with E-state index in [2.05, 4.69) is 10.6 Å². The smallest absolute Gasteiger partial charge is 0.319 e. The number of nitrogens with one attached hydrogen (secondary N) is 2. The van der Waals surface area contributed by atoms with Crippen molar-refractivity contribution in [3.8, 4) is 22.6 Å².